The van der Waals surface area contributed by atoms with E-state index in [0.717, 1.165) is 12.1 Å². The Labute approximate surface area is 90.0 Å². The van der Waals surface area contributed by atoms with Gasteiger partial charge in [0.2, 0.25) is 5.91 Å². The van der Waals surface area contributed by atoms with Gasteiger partial charge in [-0.25, -0.2) is 0 Å². The largest absolute Gasteiger partial charge is 0.472 e. The number of furan rings is 1. The van der Waals surface area contributed by atoms with Crippen molar-refractivity contribution in [2.75, 3.05) is 13.1 Å². The average Bonchev–Trinajstić information content (AvgIpc) is 2.75. The number of nitrogens with one attached hydrogen (secondary N) is 2. The van der Waals surface area contributed by atoms with Crippen LogP contribution in [0.5, 0.6) is 0 Å². The molecule has 0 spiro atoms. The molecule has 1 atom stereocenters. The minimum absolute atomic E-state index is 0.00292. The molecule has 0 bridgehead atoms. The van der Waals surface area contributed by atoms with Gasteiger partial charge in [-0.05, 0) is 12.6 Å². The Morgan fingerprint density at radius 1 is 1.60 bits per heavy atom. The summed E-state index contributed by atoms with van der Waals surface area (Å²) in [4.78, 5) is 11.6. The van der Waals surface area contributed by atoms with E-state index in [4.69, 9.17) is 4.42 Å². The average molecular weight is 210 g/mol. The molecule has 0 aliphatic carbocycles. The molecule has 0 radical (unpaired) electrons. The maximum atomic E-state index is 11.6. The first-order chi connectivity index (χ1) is 7.24. The Morgan fingerprint density at radius 3 is 3.00 bits per heavy atom. The fourth-order valence-corrected chi connectivity index (χ4v) is 1.21. The number of amides is 1. The second kappa shape index (κ2) is 6.24. The molecular weight excluding hydrogens is 192 g/mol. The van der Waals surface area contributed by atoms with Gasteiger partial charge in [0.15, 0.2) is 0 Å². The summed E-state index contributed by atoms with van der Waals surface area (Å²) in [5.41, 5.74) is 0.985. The molecule has 0 saturated heterocycles. The SMILES string of the molecule is CCNCC(C)C(=O)NCc1ccoc1. The summed E-state index contributed by atoms with van der Waals surface area (Å²) in [6, 6.07) is 1.84. The molecule has 84 valence electrons. The summed E-state index contributed by atoms with van der Waals surface area (Å²) in [6.45, 7) is 6.07. The summed E-state index contributed by atoms with van der Waals surface area (Å²) in [5, 5.41) is 6.00. The molecule has 0 saturated carbocycles. The van der Waals surface area contributed by atoms with E-state index in [1.165, 1.54) is 0 Å². The van der Waals surface area contributed by atoms with Crippen LogP contribution in [0.15, 0.2) is 23.0 Å². The predicted octanol–water partition coefficient (Wildman–Crippen LogP) is 1.14. The molecule has 0 aliphatic rings. The van der Waals surface area contributed by atoms with Crippen LogP contribution in [0.1, 0.15) is 19.4 Å². The Morgan fingerprint density at radius 2 is 2.40 bits per heavy atom. The van der Waals surface area contributed by atoms with E-state index in [9.17, 15) is 4.79 Å². The lowest BCUT2D eigenvalue weighted by Crippen LogP contribution is -2.34. The zero-order valence-electron chi connectivity index (χ0n) is 9.25. The van der Waals surface area contributed by atoms with Gasteiger partial charge in [-0.3, -0.25) is 4.79 Å². The number of hydrogen-bond acceptors (Lipinski definition) is 3. The van der Waals surface area contributed by atoms with Crippen LogP contribution >= 0.6 is 0 Å². The smallest absolute Gasteiger partial charge is 0.224 e. The number of carbonyl (C=O) groups is 1. The Kier molecular flexibility index (Phi) is 4.90. The second-order valence-corrected chi connectivity index (χ2v) is 3.56. The third-order valence-corrected chi connectivity index (χ3v) is 2.19. The maximum absolute atomic E-state index is 11.6. The molecule has 1 aromatic heterocycles. The monoisotopic (exact) mass is 210 g/mol. The summed E-state index contributed by atoms with van der Waals surface area (Å²) < 4.78 is 4.91. The Bertz CT molecular complexity index is 283. The third-order valence-electron chi connectivity index (χ3n) is 2.19. The van der Waals surface area contributed by atoms with Gasteiger partial charge in [-0.15, -0.1) is 0 Å². The summed E-state index contributed by atoms with van der Waals surface area (Å²) in [6.07, 6.45) is 3.23. The molecule has 15 heavy (non-hydrogen) atoms. The summed E-state index contributed by atoms with van der Waals surface area (Å²) in [5.74, 6) is 0.0639. The third kappa shape index (κ3) is 4.16. The van der Waals surface area contributed by atoms with Crippen molar-refractivity contribution >= 4 is 5.91 Å². The van der Waals surface area contributed by atoms with Gasteiger partial charge in [0.25, 0.3) is 0 Å². The number of hydrogen-bond donors (Lipinski definition) is 2. The van der Waals surface area contributed by atoms with Gasteiger partial charge < -0.3 is 15.1 Å². The number of carbonyl (C=O) groups excluding carboxylic acids is 1. The zero-order valence-corrected chi connectivity index (χ0v) is 9.25. The topological polar surface area (TPSA) is 54.3 Å². The Hall–Kier alpha value is -1.29. The van der Waals surface area contributed by atoms with Crippen molar-refractivity contribution in [2.24, 2.45) is 5.92 Å². The summed E-state index contributed by atoms with van der Waals surface area (Å²) >= 11 is 0. The van der Waals surface area contributed by atoms with Gasteiger partial charge in [-0.2, -0.15) is 0 Å². The van der Waals surface area contributed by atoms with Crippen molar-refractivity contribution in [1.82, 2.24) is 10.6 Å². The molecule has 0 aliphatic heterocycles. The van der Waals surface area contributed by atoms with Crippen molar-refractivity contribution in [2.45, 2.75) is 20.4 Å². The van der Waals surface area contributed by atoms with Gasteiger partial charge >= 0.3 is 0 Å². The quantitative estimate of drug-likeness (QED) is 0.740. The maximum Gasteiger partial charge on any atom is 0.224 e. The van der Waals surface area contributed by atoms with Crippen molar-refractivity contribution in [3.8, 4) is 0 Å². The first kappa shape index (κ1) is 11.8. The molecule has 1 heterocycles. The van der Waals surface area contributed by atoms with Crippen LogP contribution in [0, 0.1) is 5.92 Å². The molecule has 1 aromatic rings. The van der Waals surface area contributed by atoms with Crippen LogP contribution < -0.4 is 10.6 Å². The van der Waals surface area contributed by atoms with Crippen LogP contribution in [0.4, 0.5) is 0 Å². The highest BCUT2D eigenvalue weighted by Crippen LogP contribution is 2.00. The molecule has 1 amide bonds. The molecular formula is C11H18N2O2. The van der Waals surface area contributed by atoms with Crippen molar-refractivity contribution in [3.05, 3.63) is 24.2 Å². The molecule has 1 unspecified atom stereocenters. The van der Waals surface area contributed by atoms with Crippen LogP contribution in [-0.2, 0) is 11.3 Å². The minimum Gasteiger partial charge on any atom is -0.472 e. The second-order valence-electron chi connectivity index (χ2n) is 3.56. The fraction of sp³-hybridized carbons (Fsp3) is 0.545. The molecule has 4 nitrogen and oxygen atoms in total. The highest BCUT2D eigenvalue weighted by molar-refractivity contribution is 5.78. The van der Waals surface area contributed by atoms with Crippen molar-refractivity contribution in [3.63, 3.8) is 0 Å². The highest BCUT2D eigenvalue weighted by atomic mass is 16.3. The first-order valence-corrected chi connectivity index (χ1v) is 5.23. The Balaban J connectivity index is 2.23. The van der Waals surface area contributed by atoms with Crippen molar-refractivity contribution in [1.29, 1.82) is 0 Å². The van der Waals surface area contributed by atoms with Gasteiger partial charge in [-0.1, -0.05) is 13.8 Å². The minimum atomic E-state index is -0.00292. The zero-order chi connectivity index (χ0) is 11.1. The lowest BCUT2D eigenvalue weighted by Gasteiger charge is -2.11. The van der Waals surface area contributed by atoms with Gasteiger partial charge in [0.1, 0.15) is 0 Å². The molecule has 0 aromatic carbocycles. The standard InChI is InChI=1S/C11H18N2O2/c1-3-12-6-9(2)11(14)13-7-10-4-5-15-8-10/h4-5,8-9,12H,3,6-7H2,1-2H3,(H,13,14). The molecule has 1 rings (SSSR count). The van der Waals surface area contributed by atoms with E-state index >= 15 is 0 Å². The van der Waals surface area contributed by atoms with Crippen molar-refractivity contribution < 1.29 is 9.21 Å². The normalized spacial score (nSPS) is 12.4. The highest BCUT2D eigenvalue weighted by Gasteiger charge is 2.11. The van der Waals surface area contributed by atoms with E-state index in [-0.39, 0.29) is 11.8 Å². The lowest BCUT2D eigenvalue weighted by atomic mass is 10.1. The number of rotatable bonds is 6. The fourth-order valence-electron chi connectivity index (χ4n) is 1.21. The van der Waals surface area contributed by atoms with E-state index < -0.39 is 0 Å². The van der Waals surface area contributed by atoms with Gasteiger partial charge in [0, 0.05) is 24.6 Å². The molecule has 2 N–H and O–H groups in total. The molecule has 0 fully saturated rings. The first-order valence-electron chi connectivity index (χ1n) is 5.23. The lowest BCUT2D eigenvalue weighted by molar-refractivity contribution is -0.124. The predicted molar refractivity (Wildman–Crippen MR) is 58.3 cm³/mol. The van der Waals surface area contributed by atoms with E-state index in [1.807, 2.05) is 19.9 Å². The summed E-state index contributed by atoms with van der Waals surface area (Å²) in [7, 11) is 0. The van der Waals surface area contributed by atoms with Crippen LogP contribution in [-0.4, -0.2) is 19.0 Å². The van der Waals surface area contributed by atoms with Crippen LogP contribution in [0.3, 0.4) is 0 Å². The van der Waals surface area contributed by atoms with Gasteiger partial charge in [0.05, 0.1) is 12.5 Å². The van der Waals surface area contributed by atoms with E-state index in [0.29, 0.717) is 13.1 Å². The van der Waals surface area contributed by atoms with E-state index in [2.05, 4.69) is 10.6 Å². The van der Waals surface area contributed by atoms with Crippen LogP contribution in [0.2, 0.25) is 0 Å². The molecule has 4 heteroatoms. The van der Waals surface area contributed by atoms with E-state index in [1.54, 1.807) is 12.5 Å². The van der Waals surface area contributed by atoms with Crippen LogP contribution in [0.25, 0.3) is 0 Å².